The van der Waals surface area contributed by atoms with Crippen molar-refractivity contribution >= 4 is 27.3 Å². The first-order valence-electron chi connectivity index (χ1n) is 9.53. The molecule has 0 amide bonds. The van der Waals surface area contributed by atoms with Gasteiger partial charge in [0.15, 0.2) is 0 Å². The SMILES string of the molecule is O=C(O)[C@]1(NS(=O)(=O)c2ccc(-c3cc(C(F)(F)F)on3)s2)[C@@H]2c3ccccc3CC[C@@H]21. The van der Waals surface area contributed by atoms with Gasteiger partial charge in [0.1, 0.15) is 15.4 Å². The molecule has 0 saturated heterocycles. The normalized spacial score (nSPS) is 24.6. The van der Waals surface area contributed by atoms with Gasteiger partial charge in [0.25, 0.3) is 10.0 Å². The highest BCUT2D eigenvalue weighted by molar-refractivity contribution is 7.91. The van der Waals surface area contributed by atoms with Crippen molar-refractivity contribution in [3.05, 3.63) is 59.4 Å². The molecule has 1 aromatic carbocycles. The number of hydrogen-bond acceptors (Lipinski definition) is 6. The zero-order valence-corrected chi connectivity index (χ0v) is 17.7. The first kappa shape index (κ1) is 21.2. The van der Waals surface area contributed by atoms with Crippen LogP contribution >= 0.6 is 11.3 Å². The molecule has 32 heavy (non-hydrogen) atoms. The van der Waals surface area contributed by atoms with Crippen LogP contribution in [0, 0.1) is 5.92 Å². The average molecular weight is 484 g/mol. The summed E-state index contributed by atoms with van der Waals surface area (Å²) in [6.45, 7) is 0. The number of sulfonamides is 1. The van der Waals surface area contributed by atoms with Gasteiger partial charge in [-0.15, -0.1) is 11.3 Å². The van der Waals surface area contributed by atoms with Gasteiger partial charge in [-0.3, -0.25) is 4.79 Å². The summed E-state index contributed by atoms with van der Waals surface area (Å²) in [4.78, 5) is 12.4. The predicted octanol–water partition coefficient (Wildman–Crippen LogP) is 3.88. The number of nitrogens with zero attached hydrogens (tertiary/aromatic N) is 1. The van der Waals surface area contributed by atoms with Crippen LogP contribution in [0.25, 0.3) is 10.6 Å². The molecule has 0 spiro atoms. The van der Waals surface area contributed by atoms with Crippen molar-refractivity contribution in [2.75, 3.05) is 0 Å². The molecule has 1 fully saturated rings. The van der Waals surface area contributed by atoms with Crippen LogP contribution in [-0.2, 0) is 27.4 Å². The summed E-state index contributed by atoms with van der Waals surface area (Å²) >= 11 is 0.683. The van der Waals surface area contributed by atoms with Crippen molar-refractivity contribution in [1.29, 1.82) is 0 Å². The van der Waals surface area contributed by atoms with Gasteiger partial charge in [0, 0.05) is 12.0 Å². The number of carbonyl (C=O) groups is 1. The Bertz CT molecular complexity index is 1330. The Hall–Kier alpha value is -2.70. The molecular formula is C20H15F3N2O5S2. The molecule has 0 unspecified atom stereocenters. The predicted molar refractivity (Wildman–Crippen MR) is 107 cm³/mol. The fourth-order valence-corrected chi connectivity index (χ4v) is 7.25. The number of rotatable bonds is 5. The third-order valence-corrected chi connectivity index (χ3v) is 9.11. The number of carboxylic acids is 1. The number of aromatic nitrogens is 1. The summed E-state index contributed by atoms with van der Waals surface area (Å²) in [6.07, 6.45) is -3.53. The minimum atomic E-state index is -4.72. The van der Waals surface area contributed by atoms with Crippen LogP contribution < -0.4 is 4.72 Å². The summed E-state index contributed by atoms with van der Waals surface area (Å²) in [5.41, 5.74) is 0.00199. The van der Waals surface area contributed by atoms with Crippen molar-refractivity contribution in [2.45, 2.75) is 34.7 Å². The van der Waals surface area contributed by atoms with Crippen LogP contribution in [0.3, 0.4) is 0 Å². The summed E-state index contributed by atoms with van der Waals surface area (Å²) in [6, 6.07) is 10.6. The summed E-state index contributed by atoms with van der Waals surface area (Å²) in [5, 5.41) is 13.3. The maximum absolute atomic E-state index is 13.1. The standard InChI is InChI=1S/C20H15F3N2O5S2/c21-20(22,23)15-9-13(24-30-15)14-7-8-16(31-14)32(28,29)25-19(18(26)27)12-6-5-10-3-1-2-4-11(10)17(12)19/h1-4,7-9,12,17,25H,5-6H2,(H,26,27)/t12-,17+,19+/m0/s1. The van der Waals surface area contributed by atoms with E-state index in [2.05, 4.69) is 14.4 Å². The molecule has 3 aromatic rings. The monoisotopic (exact) mass is 484 g/mol. The second kappa shape index (κ2) is 6.90. The van der Waals surface area contributed by atoms with Gasteiger partial charge in [-0.1, -0.05) is 29.4 Å². The van der Waals surface area contributed by atoms with E-state index in [9.17, 15) is 31.5 Å². The Labute approximate surface area is 183 Å². The zero-order chi connectivity index (χ0) is 22.9. The molecule has 5 rings (SSSR count). The van der Waals surface area contributed by atoms with Crippen LogP contribution in [0.1, 0.15) is 29.2 Å². The third-order valence-electron chi connectivity index (χ3n) is 6.03. The highest BCUT2D eigenvalue weighted by Gasteiger charge is 2.73. The van der Waals surface area contributed by atoms with Gasteiger partial charge in [-0.25, -0.2) is 8.42 Å². The zero-order valence-electron chi connectivity index (χ0n) is 16.1. The molecule has 0 radical (unpaired) electrons. The lowest BCUT2D eigenvalue weighted by atomic mass is 9.92. The van der Waals surface area contributed by atoms with Gasteiger partial charge >= 0.3 is 12.1 Å². The fraction of sp³-hybridized carbons (Fsp3) is 0.300. The number of fused-ring (bicyclic) bond motifs is 3. The molecule has 12 heteroatoms. The van der Waals surface area contributed by atoms with Crippen LogP contribution in [0.4, 0.5) is 13.2 Å². The van der Waals surface area contributed by atoms with Crippen molar-refractivity contribution in [1.82, 2.24) is 9.88 Å². The number of hydrogen-bond donors (Lipinski definition) is 2. The van der Waals surface area contributed by atoms with Gasteiger partial charge in [0.05, 0.1) is 4.88 Å². The number of benzene rings is 1. The number of alkyl halides is 3. The number of nitrogens with one attached hydrogen (secondary N) is 1. The van der Waals surface area contributed by atoms with E-state index >= 15 is 0 Å². The summed E-state index contributed by atoms with van der Waals surface area (Å²) in [5.74, 6) is -3.41. The van der Waals surface area contributed by atoms with Crippen molar-refractivity contribution in [3.63, 3.8) is 0 Å². The minimum absolute atomic E-state index is 0.146. The van der Waals surface area contributed by atoms with Crippen molar-refractivity contribution < 1.29 is 36.0 Å². The summed E-state index contributed by atoms with van der Waals surface area (Å²) in [7, 11) is -4.26. The van der Waals surface area contributed by atoms with E-state index in [0.29, 0.717) is 30.2 Å². The first-order valence-corrected chi connectivity index (χ1v) is 11.8. The molecule has 3 atom stereocenters. The second-order valence-corrected chi connectivity index (χ2v) is 10.8. The summed E-state index contributed by atoms with van der Waals surface area (Å²) < 4.78 is 70.8. The molecular weight excluding hydrogens is 469 g/mol. The van der Waals surface area contributed by atoms with Crippen LogP contribution in [0.2, 0.25) is 0 Å². The Balaban J connectivity index is 1.45. The lowest BCUT2D eigenvalue weighted by molar-refractivity contribution is -0.155. The average Bonchev–Trinajstić information content (AvgIpc) is 3.13. The van der Waals surface area contributed by atoms with Gasteiger partial charge in [0.2, 0.25) is 5.76 Å². The molecule has 2 heterocycles. The van der Waals surface area contributed by atoms with E-state index in [0.717, 1.165) is 11.1 Å². The molecule has 0 aliphatic heterocycles. The van der Waals surface area contributed by atoms with Crippen LogP contribution in [-0.4, -0.2) is 30.2 Å². The van der Waals surface area contributed by atoms with E-state index in [4.69, 9.17) is 0 Å². The third kappa shape index (κ3) is 3.16. The number of halogens is 3. The smallest absolute Gasteiger partial charge is 0.452 e. The van der Waals surface area contributed by atoms with Crippen molar-refractivity contribution in [3.8, 4) is 10.6 Å². The van der Waals surface area contributed by atoms with Crippen molar-refractivity contribution in [2.24, 2.45) is 5.92 Å². The number of aryl methyl sites for hydroxylation is 1. The van der Waals surface area contributed by atoms with Gasteiger partial charge < -0.3 is 9.63 Å². The lowest BCUT2D eigenvalue weighted by Gasteiger charge is -2.15. The highest BCUT2D eigenvalue weighted by atomic mass is 32.2. The second-order valence-electron chi connectivity index (χ2n) is 7.79. The molecule has 2 aromatic heterocycles. The quantitative estimate of drug-likeness (QED) is 0.569. The number of thiophene rings is 1. The van der Waals surface area contributed by atoms with Crippen LogP contribution in [0.15, 0.2) is 51.2 Å². The number of carboxylic acid groups (broad SMARTS) is 1. The van der Waals surface area contributed by atoms with E-state index < -0.39 is 39.4 Å². The Morgan fingerprint density at radius 1 is 1.25 bits per heavy atom. The molecule has 0 bridgehead atoms. The van der Waals surface area contributed by atoms with Gasteiger partial charge in [-0.2, -0.15) is 17.9 Å². The fourth-order valence-electron chi connectivity index (χ4n) is 4.57. The Morgan fingerprint density at radius 3 is 2.69 bits per heavy atom. The van der Waals surface area contributed by atoms with Gasteiger partial charge in [-0.05, 0) is 42.0 Å². The first-order chi connectivity index (χ1) is 15.0. The highest BCUT2D eigenvalue weighted by Crippen LogP contribution is 2.63. The lowest BCUT2D eigenvalue weighted by Crippen LogP contribution is -2.45. The van der Waals surface area contributed by atoms with E-state index in [1.165, 1.54) is 12.1 Å². The Morgan fingerprint density at radius 2 is 2.00 bits per heavy atom. The maximum Gasteiger partial charge on any atom is 0.452 e. The van der Waals surface area contributed by atoms with E-state index in [1.807, 2.05) is 18.2 Å². The molecule has 2 aliphatic rings. The van der Waals surface area contributed by atoms with Crippen LogP contribution in [0.5, 0.6) is 0 Å². The minimum Gasteiger partial charge on any atom is -0.480 e. The molecule has 2 N–H and O–H groups in total. The molecule has 168 valence electrons. The molecule has 2 aliphatic carbocycles. The Kier molecular flexibility index (Phi) is 4.56. The molecule has 1 saturated carbocycles. The largest absolute Gasteiger partial charge is 0.480 e. The van der Waals surface area contributed by atoms with E-state index in [-0.39, 0.29) is 20.7 Å². The molecule has 7 nitrogen and oxygen atoms in total. The maximum atomic E-state index is 13.1. The number of aliphatic carboxylic acids is 1. The van der Waals surface area contributed by atoms with E-state index in [1.54, 1.807) is 6.07 Å². The topological polar surface area (TPSA) is 110 Å².